The molecule has 1 aromatic rings. The highest BCUT2D eigenvalue weighted by atomic mass is 16.4. The van der Waals surface area contributed by atoms with E-state index in [1.54, 1.807) is 0 Å². The van der Waals surface area contributed by atoms with Gasteiger partial charge in [-0.2, -0.15) is 0 Å². The molecule has 1 saturated heterocycles. The van der Waals surface area contributed by atoms with Crippen LogP contribution in [0.25, 0.3) is 0 Å². The van der Waals surface area contributed by atoms with Crippen molar-refractivity contribution in [1.82, 2.24) is 20.4 Å². The van der Waals surface area contributed by atoms with Crippen molar-refractivity contribution in [3.8, 4) is 0 Å². The number of nitrogens with one attached hydrogen (secondary N) is 1. The molecule has 0 radical (unpaired) electrons. The van der Waals surface area contributed by atoms with Crippen LogP contribution < -0.4 is 5.32 Å². The van der Waals surface area contributed by atoms with E-state index in [1.807, 2.05) is 14.0 Å². The van der Waals surface area contributed by atoms with Crippen LogP contribution in [0.1, 0.15) is 31.5 Å². The molecule has 1 fully saturated rings. The summed E-state index contributed by atoms with van der Waals surface area (Å²) in [5.41, 5.74) is 0. The van der Waals surface area contributed by atoms with E-state index in [0.29, 0.717) is 6.04 Å². The Balaban J connectivity index is 1.88. The second-order valence-corrected chi connectivity index (χ2v) is 4.31. The highest BCUT2D eigenvalue weighted by Gasteiger charge is 2.20. The summed E-state index contributed by atoms with van der Waals surface area (Å²) in [5, 5.41) is 11.4. The maximum atomic E-state index is 5.52. The van der Waals surface area contributed by atoms with E-state index in [-0.39, 0.29) is 0 Å². The lowest BCUT2D eigenvalue weighted by molar-refractivity contribution is 0.172. The van der Waals surface area contributed by atoms with E-state index in [0.717, 1.165) is 37.8 Å². The average Bonchev–Trinajstić information content (AvgIpc) is 2.77. The zero-order valence-corrected chi connectivity index (χ0v) is 10.1. The zero-order valence-electron chi connectivity index (χ0n) is 10.1. The molecule has 1 aliphatic rings. The van der Waals surface area contributed by atoms with Gasteiger partial charge in [0.1, 0.15) is 0 Å². The van der Waals surface area contributed by atoms with Crippen molar-refractivity contribution in [1.29, 1.82) is 0 Å². The number of hydrogen-bond donors (Lipinski definition) is 1. The molecule has 2 rings (SSSR count). The molecule has 0 saturated carbocycles. The summed E-state index contributed by atoms with van der Waals surface area (Å²) in [6, 6.07) is 0.599. The Labute approximate surface area is 96.2 Å². The average molecular weight is 224 g/mol. The first-order chi connectivity index (χ1) is 7.81. The third-order valence-electron chi connectivity index (χ3n) is 3.08. The first-order valence-corrected chi connectivity index (χ1v) is 6.02. The Hall–Kier alpha value is -0.940. The molecule has 1 atom stereocenters. The van der Waals surface area contributed by atoms with E-state index >= 15 is 0 Å². The largest absolute Gasteiger partial charge is 0.424 e. The fraction of sp³-hybridized carbons (Fsp3) is 0.818. The van der Waals surface area contributed by atoms with Gasteiger partial charge >= 0.3 is 0 Å². The predicted octanol–water partition coefficient (Wildman–Crippen LogP) is 0.816. The van der Waals surface area contributed by atoms with Gasteiger partial charge in [0.2, 0.25) is 11.8 Å². The van der Waals surface area contributed by atoms with Crippen molar-refractivity contribution in [2.24, 2.45) is 0 Å². The van der Waals surface area contributed by atoms with Gasteiger partial charge in [-0.15, -0.1) is 10.2 Å². The van der Waals surface area contributed by atoms with Crippen molar-refractivity contribution in [2.75, 3.05) is 20.1 Å². The van der Waals surface area contributed by atoms with Gasteiger partial charge < -0.3 is 9.73 Å². The molecule has 5 nitrogen and oxygen atoms in total. The highest BCUT2D eigenvalue weighted by Crippen LogP contribution is 2.13. The van der Waals surface area contributed by atoms with Gasteiger partial charge in [0.25, 0.3) is 0 Å². The Kier molecular flexibility index (Phi) is 3.90. The summed E-state index contributed by atoms with van der Waals surface area (Å²) in [4.78, 5) is 2.37. The fourth-order valence-electron chi connectivity index (χ4n) is 2.12. The van der Waals surface area contributed by atoms with Gasteiger partial charge in [-0.25, -0.2) is 0 Å². The Bertz CT molecular complexity index is 326. The van der Waals surface area contributed by atoms with Crippen LogP contribution in [0, 0.1) is 0 Å². The van der Waals surface area contributed by atoms with Crippen molar-refractivity contribution in [2.45, 2.75) is 38.8 Å². The fourth-order valence-corrected chi connectivity index (χ4v) is 2.12. The first-order valence-electron chi connectivity index (χ1n) is 6.02. The SMILES string of the molecule is CCc1nnc(CN2CCCC(NC)C2)o1. The number of aromatic nitrogens is 2. The molecule has 90 valence electrons. The molecule has 1 aliphatic heterocycles. The standard InChI is InChI=1S/C11H20N4O/c1-3-10-13-14-11(16-10)8-15-6-4-5-9(7-15)12-2/h9,12H,3-8H2,1-2H3. The Morgan fingerprint density at radius 3 is 2.94 bits per heavy atom. The molecule has 16 heavy (non-hydrogen) atoms. The number of piperidine rings is 1. The molecule has 1 N–H and O–H groups in total. The molecule has 1 unspecified atom stereocenters. The maximum Gasteiger partial charge on any atom is 0.230 e. The molecule has 0 amide bonds. The smallest absolute Gasteiger partial charge is 0.230 e. The topological polar surface area (TPSA) is 54.2 Å². The minimum atomic E-state index is 0.599. The number of likely N-dealkylation sites (N-methyl/N-ethyl adjacent to an activating group) is 1. The quantitative estimate of drug-likeness (QED) is 0.820. The molecule has 5 heteroatoms. The molecule has 1 aromatic heterocycles. The third-order valence-corrected chi connectivity index (χ3v) is 3.08. The predicted molar refractivity (Wildman–Crippen MR) is 61.0 cm³/mol. The maximum absolute atomic E-state index is 5.52. The third kappa shape index (κ3) is 2.80. The van der Waals surface area contributed by atoms with E-state index in [1.165, 1.54) is 12.8 Å². The number of hydrogen-bond acceptors (Lipinski definition) is 5. The van der Waals surface area contributed by atoms with Gasteiger partial charge in [-0.1, -0.05) is 6.92 Å². The first kappa shape index (κ1) is 11.5. The van der Waals surface area contributed by atoms with Crippen LogP contribution in [0.2, 0.25) is 0 Å². The molecular weight excluding hydrogens is 204 g/mol. The monoisotopic (exact) mass is 224 g/mol. The van der Waals surface area contributed by atoms with Crippen molar-refractivity contribution < 1.29 is 4.42 Å². The summed E-state index contributed by atoms with van der Waals surface area (Å²) >= 11 is 0. The summed E-state index contributed by atoms with van der Waals surface area (Å²) in [6.07, 6.45) is 3.31. The van der Waals surface area contributed by atoms with Crippen LogP contribution in [0.4, 0.5) is 0 Å². The highest BCUT2D eigenvalue weighted by molar-refractivity contribution is 4.84. The van der Waals surface area contributed by atoms with Gasteiger partial charge in [0, 0.05) is 19.0 Å². The molecule has 0 aliphatic carbocycles. The van der Waals surface area contributed by atoms with E-state index in [2.05, 4.69) is 20.4 Å². The van der Waals surface area contributed by atoms with Gasteiger partial charge in [-0.05, 0) is 26.4 Å². The van der Waals surface area contributed by atoms with Crippen LogP contribution in [0.5, 0.6) is 0 Å². The van der Waals surface area contributed by atoms with E-state index in [4.69, 9.17) is 4.42 Å². The van der Waals surface area contributed by atoms with Crippen molar-refractivity contribution in [3.05, 3.63) is 11.8 Å². The number of rotatable bonds is 4. The van der Waals surface area contributed by atoms with Crippen LogP contribution in [0.3, 0.4) is 0 Å². The van der Waals surface area contributed by atoms with E-state index in [9.17, 15) is 0 Å². The number of aryl methyl sites for hydroxylation is 1. The summed E-state index contributed by atoms with van der Waals surface area (Å²) < 4.78 is 5.52. The van der Waals surface area contributed by atoms with Crippen LogP contribution >= 0.6 is 0 Å². The lowest BCUT2D eigenvalue weighted by Crippen LogP contribution is -2.43. The minimum Gasteiger partial charge on any atom is -0.424 e. The number of nitrogens with zero attached hydrogens (tertiary/aromatic N) is 3. The lowest BCUT2D eigenvalue weighted by Gasteiger charge is -2.31. The normalized spacial score (nSPS) is 22.5. The van der Waals surface area contributed by atoms with Gasteiger partial charge in [-0.3, -0.25) is 4.90 Å². The van der Waals surface area contributed by atoms with Crippen LogP contribution in [0.15, 0.2) is 4.42 Å². The molecule has 0 bridgehead atoms. The lowest BCUT2D eigenvalue weighted by atomic mass is 10.1. The second kappa shape index (κ2) is 5.41. The van der Waals surface area contributed by atoms with Crippen molar-refractivity contribution >= 4 is 0 Å². The summed E-state index contributed by atoms with van der Waals surface area (Å²) in [7, 11) is 2.02. The van der Waals surface area contributed by atoms with Gasteiger partial charge in [0.15, 0.2) is 0 Å². The van der Waals surface area contributed by atoms with E-state index < -0.39 is 0 Å². The zero-order chi connectivity index (χ0) is 11.4. The molecule has 2 heterocycles. The molecule has 0 aromatic carbocycles. The summed E-state index contributed by atoms with van der Waals surface area (Å²) in [5.74, 6) is 1.48. The summed E-state index contributed by atoms with van der Waals surface area (Å²) in [6.45, 7) is 5.00. The minimum absolute atomic E-state index is 0.599. The Morgan fingerprint density at radius 2 is 2.25 bits per heavy atom. The van der Waals surface area contributed by atoms with Gasteiger partial charge in [0.05, 0.1) is 6.54 Å². The van der Waals surface area contributed by atoms with Crippen LogP contribution in [-0.2, 0) is 13.0 Å². The number of likely N-dealkylation sites (tertiary alicyclic amines) is 1. The molecular formula is C11H20N4O. The Morgan fingerprint density at radius 1 is 1.44 bits per heavy atom. The van der Waals surface area contributed by atoms with Crippen LogP contribution in [-0.4, -0.2) is 41.3 Å². The molecule has 0 spiro atoms. The second-order valence-electron chi connectivity index (χ2n) is 4.31. The van der Waals surface area contributed by atoms with Crippen molar-refractivity contribution in [3.63, 3.8) is 0 Å².